The number of aliphatic hydroxyl groups excluding tert-OH is 1. The van der Waals surface area contributed by atoms with Gasteiger partial charge in [0.1, 0.15) is 0 Å². The van der Waals surface area contributed by atoms with Gasteiger partial charge in [-0.25, -0.2) is 0 Å². The van der Waals surface area contributed by atoms with Crippen LogP contribution in [0.2, 0.25) is 0 Å². The second-order valence-corrected chi connectivity index (χ2v) is 0.735. The van der Waals surface area contributed by atoms with Gasteiger partial charge >= 0.3 is 0 Å². The van der Waals surface area contributed by atoms with Crippen molar-refractivity contribution in [2.24, 2.45) is 0 Å². The zero-order valence-corrected chi connectivity index (χ0v) is 7.98. The van der Waals surface area contributed by atoms with E-state index < -0.39 is 0 Å². The molecule has 0 unspecified atom stereocenters. The molecule has 0 aliphatic rings. The molecule has 0 aromatic heterocycles. The smallest absolute Gasteiger partial charge is 0.0820 e. The predicted molar refractivity (Wildman–Crippen MR) is 17.4 cm³/mol. The molecule has 1 radical (unpaired) electrons. The van der Waals surface area contributed by atoms with Crippen LogP contribution in [0, 0.1) is 44.1 Å². The topological polar surface area (TPSA) is 20.2 Å². The van der Waals surface area contributed by atoms with Crippen molar-refractivity contribution in [3.63, 3.8) is 0 Å². The first-order valence-corrected chi connectivity index (χ1v) is 1.08. The van der Waals surface area contributed by atoms with E-state index in [4.69, 9.17) is 5.11 Å². The first-order chi connectivity index (χ1) is 1.73. The molecule has 0 atom stereocenters. The Morgan fingerprint density at radius 1 is 1.80 bits per heavy atom. The normalized spacial score (nSPS) is 5.00. The second-order valence-electron chi connectivity index (χ2n) is 0.735. The van der Waals surface area contributed by atoms with Crippen LogP contribution in [0.1, 0.15) is 6.92 Å². The van der Waals surface area contributed by atoms with Crippen LogP contribution in [0.4, 0.5) is 0 Å². The van der Waals surface area contributed by atoms with E-state index in [2.05, 4.69) is 6.58 Å². The molecule has 0 saturated heterocycles. The molecule has 0 aromatic carbocycles. The number of aliphatic hydroxyl groups is 1. The van der Waals surface area contributed by atoms with Crippen LogP contribution in [0.3, 0.4) is 0 Å². The van der Waals surface area contributed by atoms with Crippen molar-refractivity contribution in [2.75, 3.05) is 0 Å². The van der Waals surface area contributed by atoms with Gasteiger partial charge in [0.25, 0.3) is 0 Å². The van der Waals surface area contributed by atoms with Crippen LogP contribution >= 0.6 is 0 Å². The molecule has 0 rings (SSSR count). The molecule has 1 N–H and O–H groups in total. The summed E-state index contributed by atoms with van der Waals surface area (Å²) in [6.45, 7) is 4.64. The third-order valence-corrected chi connectivity index (χ3v) is 0. The van der Waals surface area contributed by atoms with Crippen molar-refractivity contribution < 1.29 is 49.2 Å². The van der Waals surface area contributed by atoms with Gasteiger partial charge in [-0.3, -0.25) is 0 Å². The van der Waals surface area contributed by atoms with Crippen molar-refractivity contribution in [1.29, 1.82) is 0 Å². The van der Waals surface area contributed by atoms with Crippen LogP contribution in [0.25, 0.3) is 0 Å². The maximum absolute atomic E-state index is 7.86. The first-order valence-electron chi connectivity index (χ1n) is 1.08. The molecule has 5 heavy (non-hydrogen) atoms. The van der Waals surface area contributed by atoms with Gasteiger partial charge in [0.15, 0.2) is 0 Å². The van der Waals surface area contributed by atoms with Gasteiger partial charge in [-0.2, -0.15) is 0 Å². The van der Waals surface area contributed by atoms with Crippen molar-refractivity contribution >= 4 is 0 Å². The van der Waals surface area contributed by atoms with Crippen LogP contribution in [0.15, 0.2) is 12.3 Å². The summed E-state index contributed by atoms with van der Waals surface area (Å²) in [4.78, 5) is 0. The summed E-state index contributed by atoms with van der Waals surface area (Å²) in [5, 5.41) is 7.86. The molecule has 0 spiro atoms. The fraction of sp³-hybridized carbons (Fsp3) is 0.333. The quantitative estimate of drug-likeness (QED) is 0.660. The van der Waals surface area contributed by atoms with Gasteiger partial charge in [-0.05, 0) is 6.92 Å². The van der Waals surface area contributed by atoms with Crippen molar-refractivity contribution in [2.45, 2.75) is 6.92 Å². The molecule has 0 saturated carbocycles. The fourth-order valence-electron chi connectivity index (χ4n) is 0. The Balaban J connectivity index is 0. The molecule has 1 nitrogen and oxygen atoms in total. The molecule has 2 heteroatoms. The van der Waals surface area contributed by atoms with Crippen LogP contribution in [-0.4, -0.2) is 5.11 Å². The Bertz CT molecular complexity index is 29.9. The average molecular weight is 285 g/mol. The van der Waals surface area contributed by atoms with Crippen LogP contribution in [-0.2, 0) is 0 Å². The van der Waals surface area contributed by atoms with Gasteiger partial charge in [0.2, 0.25) is 0 Å². The van der Waals surface area contributed by atoms with E-state index in [0.717, 1.165) is 0 Å². The largest absolute Gasteiger partial charge is 0.513 e. The molecule has 0 aliphatic carbocycles. The van der Waals surface area contributed by atoms with E-state index in [1.54, 1.807) is 0 Å². The minimum Gasteiger partial charge on any atom is -0.513 e. The Morgan fingerprint density at radius 3 is 1.80 bits per heavy atom. The maximum atomic E-state index is 7.86. The Morgan fingerprint density at radius 2 is 1.80 bits per heavy atom. The minimum absolute atomic E-state index is 0. The molecule has 0 bridgehead atoms. The molecule has 0 aliphatic heterocycles. The van der Waals surface area contributed by atoms with Gasteiger partial charge in [0, 0.05) is 44.1 Å². The van der Waals surface area contributed by atoms with Crippen LogP contribution < -0.4 is 0 Å². The fourth-order valence-corrected chi connectivity index (χ4v) is 0. The third kappa shape index (κ3) is 46.0. The number of hydrogen-bond acceptors (Lipinski definition) is 1. The Kier molecular flexibility index (Phi) is 9.33. The molecular formula is C3H6AcO. The third-order valence-electron chi connectivity index (χ3n) is 0. The van der Waals surface area contributed by atoms with Gasteiger partial charge in [-0.1, -0.05) is 6.58 Å². The first kappa shape index (κ1) is 9.36. The van der Waals surface area contributed by atoms with E-state index in [1.807, 2.05) is 0 Å². The maximum Gasteiger partial charge on any atom is 0.0820 e. The van der Waals surface area contributed by atoms with Gasteiger partial charge < -0.3 is 5.11 Å². The summed E-state index contributed by atoms with van der Waals surface area (Å²) < 4.78 is 0. The van der Waals surface area contributed by atoms with E-state index in [9.17, 15) is 0 Å². The van der Waals surface area contributed by atoms with E-state index >= 15 is 0 Å². The van der Waals surface area contributed by atoms with Gasteiger partial charge in [-0.15, -0.1) is 0 Å². The second kappa shape index (κ2) is 4.98. The zero-order chi connectivity index (χ0) is 3.58. The summed E-state index contributed by atoms with van der Waals surface area (Å²) in [5.41, 5.74) is 0. The van der Waals surface area contributed by atoms with Crippen LogP contribution in [0.5, 0.6) is 0 Å². The molecule has 0 amide bonds. The number of allylic oxidation sites excluding steroid dienone is 1. The predicted octanol–water partition coefficient (Wildman–Crippen LogP) is 1.08. The van der Waals surface area contributed by atoms with E-state index in [0.29, 0.717) is 0 Å². The summed E-state index contributed by atoms with van der Waals surface area (Å²) in [6, 6.07) is 0. The summed E-state index contributed by atoms with van der Waals surface area (Å²) in [7, 11) is 0. The number of rotatable bonds is 0. The van der Waals surface area contributed by atoms with Crippen molar-refractivity contribution in [1.82, 2.24) is 0 Å². The summed E-state index contributed by atoms with van der Waals surface area (Å²) >= 11 is 0. The van der Waals surface area contributed by atoms with Crippen molar-refractivity contribution in [3.05, 3.63) is 12.3 Å². The van der Waals surface area contributed by atoms with Gasteiger partial charge in [0.05, 0.1) is 5.76 Å². The Labute approximate surface area is 67.6 Å². The van der Waals surface area contributed by atoms with E-state index in [-0.39, 0.29) is 49.8 Å². The summed E-state index contributed by atoms with van der Waals surface area (Å²) in [6.07, 6.45) is 0. The van der Waals surface area contributed by atoms with Crippen molar-refractivity contribution in [3.8, 4) is 0 Å². The molecule has 0 heterocycles. The average Bonchev–Trinajstić information content (AvgIpc) is 0.811. The van der Waals surface area contributed by atoms with E-state index in [1.165, 1.54) is 6.92 Å². The molecule has 0 aromatic rings. The summed E-state index contributed by atoms with van der Waals surface area (Å²) in [5.74, 6) is 0.167. The standard InChI is InChI=1S/C3H6O.Ac/c1-3(2)4;/h4H,1H2,2H3;. The number of hydrogen-bond donors (Lipinski definition) is 1. The minimum atomic E-state index is 0. The molecule has 0 fully saturated rings. The monoisotopic (exact) mass is 285 g/mol. The zero-order valence-electron chi connectivity index (χ0n) is 3.23. The molecule has 27 valence electrons. The molecular weight excluding hydrogens is 279 g/mol. The SMILES string of the molecule is C=C(C)O.[Ac]. The Hall–Kier alpha value is 0.982.